The van der Waals surface area contributed by atoms with Crippen molar-refractivity contribution in [3.8, 4) is 0 Å². The van der Waals surface area contributed by atoms with Crippen LogP contribution in [-0.2, 0) is 25.5 Å². The molecule has 1 heterocycles. The molecular weight excluding hydrogens is 352 g/mol. The lowest BCUT2D eigenvalue weighted by Gasteiger charge is -2.19. The molecule has 0 aromatic heterocycles. The summed E-state index contributed by atoms with van der Waals surface area (Å²) in [5.41, 5.74) is 0.889. The Morgan fingerprint density at radius 1 is 1.50 bits per heavy atom. The Morgan fingerprint density at radius 2 is 2.27 bits per heavy atom. The number of hydrogen-bond acceptors (Lipinski definition) is 4. The van der Waals surface area contributed by atoms with Crippen molar-refractivity contribution in [3.63, 3.8) is 0 Å². The quantitative estimate of drug-likeness (QED) is 0.757. The van der Waals surface area contributed by atoms with Crippen LogP contribution in [0.1, 0.15) is 18.4 Å². The van der Waals surface area contributed by atoms with Crippen molar-refractivity contribution >= 4 is 33.7 Å². The monoisotopic (exact) mass is 368 g/mol. The molecule has 6 nitrogen and oxygen atoms in total. The van der Waals surface area contributed by atoms with Gasteiger partial charge in [-0.05, 0) is 24.1 Å². The molecular formula is C15H17BrN2O4. The maximum Gasteiger partial charge on any atom is 0.328 e. The standard InChI is InChI=1S/C15H17BrN2O4/c1-22-15(21)12(8-9-3-2-4-10(16)7-9)18-14(20)11-5-6-13(19)17-11/h2-4,7,11-12H,5-6,8H2,1H3,(H,17,19)(H,18,20)/t11-,12-/m1/s1. The molecule has 1 aromatic rings. The van der Waals surface area contributed by atoms with E-state index in [0.29, 0.717) is 19.3 Å². The summed E-state index contributed by atoms with van der Waals surface area (Å²) in [6, 6.07) is 6.10. The number of rotatable bonds is 5. The summed E-state index contributed by atoms with van der Waals surface area (Å²) in [5, 5.41) is 5.23. The van der Waals surface area contributed by atoms with Gasteiger partial charge in [0.25, 0.3) is 0 Å². The first-order chi connectivity index (χ1) is 10.5. The van der Waals surface area contributed by atoms with Crippen LogP contribution in [-0.4, -0.2) is 37.0 Å². The topological polar surface area (TPSA) is 84.5 Å². The van der Waals surface area contributed by atoms with Gasteiger partial charge in [0.15, 0.2) is 0 Å². The molecule has 0 bridgehead atoms. The average molecular weight is 369 g/mol. The van der Waals surface area contributed by atoms with Crippen molar-refractivity contribution in [2.24, 2.45) is 0 Å². The number of ether oxygens (including phenoxy) is 1. The highest BCUT2D eigenvalue weighted by Crippen LogP contribution is 2.14. The lowest BCUT2D eigenvalue weighted by atomic mass is 10.1. The minimum atomic E-state index is -0.788. The van der Waals surface area contributed by atoms with Crippen molar-refractivity contribution in [3.05, 3.63) is 34.3 Å². The minimum Gasteiger partial charge on any atom is -0.467 e. The van der Waals surface area contributed by atoms with Gasteiger partial charge >= 0.3 is 5.97 Å². The van der Waals surface area contributed by atoms with E-state index >= 15 is 0 Å². The summed E-state index contributed by atoms with van der Waals surface area (Å²) < 4.78 is 5.64. The first-order valence-corrected chi connectivity index (χ1v) is 7.71. The number of esters is 1. The minimum absolute atomic E-state index is 0.151. The van der Waals surface area contributed by atoms with Crippen LogP contribution in [0.4, 0.5) is 0 Å². The molecule has 118 valence electrons. The van der Waals surface area contributed by atoms with Crippen molar-refractivity contribution < 1.29 is 19.1 Å². The SMILES string of the molecule is COC(=O)[C@@H](Cc1cccc(Br)c1)NC(=O)[C@H]1CCC(=O)N1. The molecule has 1 fully saturated rings. The van der Waals surface area contributed by atoms with Gasteiger partial charge in [-0.15, -0.1) is 0 Å². The van der Waals surface area contributed by atoms with Crippen LogP contribution >= 0.6 is 15.9 Å². The highest BCUT2D eigenvalue weighted by atomic mass is 79.9. The van der Waals surface area contributed by atoms with Crippen LogP contribution in [0.15, 0.2) is 28.7 Å². The van der Waals surface area contributed by atoms with Gasteiger partial charge in [-0.1, -0.05) is 28.1 Å². The third-order valence-electron chi connectivity index (χ3n) is 3.44. The predicted octanol–water partition coefficient (Wildman–Crippen LogP) is 0.928. The summed E-state index contributed by atoms with van der Waals surface area (Å²) in [5.74, 6) is -1.03. The van der Waals surface area contributed by atoms with Gasteiger partial charge in [0, 0.05) is 17.3 Å². The van der Waals surface area contributed by atoms with E-state index in [1.807, 2.05) is 24.3 Å². The fourth-order valence-electron chi connectivity index (χ4n) is 2.32. The second kappa shape index (κ2) is 7.40. The highest BCUT2D eigenvalue weighted by Gasteiger charge is 2.30. The smallest absolute Gasteiger partial charge is 0.328 e. The summed E-state index contributed by atoms with van der Waals surface area (Å²) in [6.45, 7) is 0. The van der Waals surface area contributed by atoms with Crippen LogP contribution in [0.3, 0.4) is 0 Å². The molecule has 1 saturated heterocycles. The number of methoxy groups -OCH3 is 1. The van der Waals surface area contributed by atoms with E-state index in [9.17, 15) is 14.4 Å². The molecule has 0 aliphatic carbocycles. The Bertz CT molecular complexity index is 591. The van der Waals surface area contributed by atoms with Crippen LogP contribution < -0.4 is 10.6 Å². The molecule has 1 aromatic carbocycles. The third kappa shape index (κ3) is 4.30. The van der Waals surface area contributed by atoms with E-state index in [2.05, 4.69) is 26.6 Å². The van der Waals surface area contributed by atoms with Crippen molar-refractivity contribution in [2.75, 3.05) is 7.11 Å². The molecule has 2 rings (SSSR count). The van der Waals surface area contributed by atoms with Gasteiger partial charge in [-0.3, -0.25) is 9.59 Å². The van der Waals surface area contributed by atoms with E-state index in [0.717, 1.165) is 10.0 Å². The molecule has 0 radical (unpaired) electrons. The van der Waals surface area contributed by atoms with Crippen LogP contribution in [0.5, 0.6) is 0 Å². The fraction of sp³-hybridized carbons (Fsp3) is 0.400. The van der Waals surface area contributed by atoms with E-state index in [-0.39, 0.29) is 11.8 Å². The van der Waals surface area contributed by atoms with E-state index in [4.69, 9.17) is 4.74 Å². The fourth-order valence-corrected chi connectivity index (χ4v) is 2.76. The van der Waals surface area contributed by atoms with Gasteiger partial charge in [0.05, 0.1) is 7.11 Å². The lowest BCUT2D eigenvalue weighted by molar-refractivity contribution is -0.145. The molecule has 0 saturated carbocycles. The Kier molecular flexibility index (Phi) is 5.54. The van der Waals surface area contributed by atoms with Crippen molar-refractivity contribution in [1.82, 2.24) is 10.6 Å². The molecule has 2 N–H and O–H groups in total. The van der Waals surface area contributed by atoms with Gasteiger partial charge in [0.1, 0.15) is 12.1 Å². The zero-order chi connectivity index (χ0) is 16.1. The van der Waals surface area contributed by atoms with Gasteiger partial charge in [0.2, 0.25) is 11.8 Å². The lowest BCUT2D eigenvalue weighted by Crippen LogP contribution is -2.49. The first-order valence-electron chi connectivity index (χ1n) is 6.91. The number of carbonyl (C=O) groups excluding carboxylic acids is 3. The van der Waals surface area contributed by atoms with Gasteiger partial charge in [-0.2, -0.15) is 0 Å². The molecule has 0 spiro atoms. The normalized spacial score (nSPS) is 18.5. The maximum absolute atomic E-state index is 12.1. The first kappa shape index (κ1) is 16.5. The van der Waals surface area contributed by atoms with Crippen LogP contribution in [0.2, 0.25) is 0 Å². The molecule has 1 aliphatic rings. The number of carbonyl (C=O) groups is 3. The Labute approximate surface area is 136 Å². The van der Waals surface area contributed by atoms with Crippen LogP contribution in [0.25, 0.3) is 0 Å². The summed E-state index contributed by atoms with van der Waals surface area (Å²) in [4.78, 5) is 35.2. The van der Waals surface area contributed by atoms with Crippen molar-refractivity contribution in [1.29, 1.82) is 0 Å². The molecule has 22 heavy (non-hydrogen) atoms. The summed E-state index contributed by atoms with van der Waals surface area (Å²) in [6.07, 6.45) is 1.08. The number of benzene rings is 1. The third-order valence-corrected chi connectivity index (χ3v) is 3.94. The zero-order valence-electron chi connectivity index (χ0n) is 12.1. The maximum atomic E-state index is 12.1. The molecule has 2 amide bonds. The van der Waals surface area contributed by atoms with Crippen LogP contribution in [0, 0.1) is 0 Å². The van der Waals surface area contributed by atoms with E-state index in [1.54, 1.807) is 0 Å². The Morgan fingerprint density at radius 3 is 2.86 bits per heavy atom. The van der Waals surface area contributed by atoms with Gasteiger partial charge in [-0.25, -0.2) is 4.79 Å². The summed E-state index contributed by atoms with van der Waals surface area (Å²) >= 11 is 3.37. The number of nitrogens with one attached hydrogen (secondary N) is 2. The summed E-state index contributed by atoms with van der Waals surface area (Å²) in [7, 11) is 1.28. The number of amides is 2. The molecule has 7 heteroatoms. The van der Waals surface area contributed by atoms with Gasteiger partial charge < -0.3 is 15.4 Å². The Balaban J connectivity index is 2.04. The van der Waals surface area contributed by atoms with Crippen molar-refractivity contribution in [2.45, 2.75) is 31.3 Å². The molecule has 0 unspecified atom stereocenters. The average Bonchev–Trinajstić information content (AvgIpc) is 2.92. The largest absolute Gasteiger partial charge is 0.467 e. The molecule has 2 atom stereocenters. The highest BCUT2D eigenvalue weighted by molar-refractivity contribution is 9.10. The number of halogens is 1. The predicted molar refractivity (Wildman–Crippen MR) is 83.0 cm³/mol. The zero-order valence-corrected chi connectivity index (χ0v) is 13.7. The van der Waals surface area contributed by atoms with E-state index in [1.165, 1.54) is 7.11 Å². The number of hydrogen-bond donors (Lipinski definition) is 2. The second-order valence-corrected chi connectivity index (χ2v) is 5.99. The molecule has 1 aliphatic heterocycles. The van der Waals surface area contributed by atoms with E-state index < -0.39 is 18.1 Å². The second-order valence-electron chi connectivity index (χ2n) is 5.08. The Hall–Kier alpha value is -1.89.